The van der Waals surface area contributed by atoms with Gasteiger partial charge < -0.3 is 0 Å². The molecule has 0 fully saturated rings. The molecule has 0 aliphatic rings. The average molecular weight is 201 g/mol. The number of hydrogen-bond acceptors (Lipinski definition) is 1. The van der Waals surface area contributed by atoms with Crippen LogP contribution in [0.25, 0.3) is 0 Å². The first kappa shape index (κ1) is 9.94. The molecule has 0 aliphatic heterocycles. The molecular formula is C10H13ClS. The van der Waals surface area contributed by atoms with Crippen LogP contribution < -0.4 is 0 Å². The Bertz CT molecular complexity index is 263. The lowest BCUT2D eigenvalue weighted by molar-refractivity contribution is 0.715. The molecule has 66 valence electrons. The zero-order valence-electron chi connectivity index (χ0n) is 7.34. The molecular weight excluding hydrogens is 188 g/mol. The van der Waals surface area contributed by atoms with Crippen molar-refractivity contribution in [2.24, 2.45) is 0 Å². The third-order valence-electron chi connectivity index (χ3n) is 1.53. The first-order valence-corrected chi connectivity index (χ1v) is 4.77. The van der Waals surface area contributed by atoms with Crippen molar-refractivity contribution in [3.8, 4) is 0 Å². The Kier molecular flexibility index (Phi) is 3.08. The molecule has 1 rings (SSSR count). The maximum absolute atomic E-state index is 5.85. The van der Waals surface area contributed by atoms with Crippen molar-refractivity contribution in [3.05, 3.63) is 34.9 Å². The third-order valence-corrected chi connectivity index (χ3v) is 1.92. The molecule has 0 nitrogen and oxygen atoms in total. The molecule has 0 atom stereocenters. The largest absolute Gasteiger partial charge is 0.173 e. The van der Waals surface area contributed by atoms with E-state index in [0.29, 0.717) is 0 Å². The summed E-state index contributed by atoms with van der Waals surface area (Å²) in [6, 6.07) is 7.91. The van der Waals surface area contributed by atoms with Crippen LogP contribution in [0, 0.1) is 0 Å². The van der Waals surface area contributed by atoms with Crippen LogP contribution in [0.15, 0.2) is 24.3 Å². The lowest BCUT2D eigenvalue weighted by Crippen LogP contribution is -2.13. The molecule has 0 unspecified atom stereocenters. The van der Waals surface area contributed by atoms with E-state index in [9.17, 15) is 0 Å². The lowest BCUT2D eigenvalue weighted by atomic mass is 10.0. The fourth-order valence-corrected chi connectivity index (χ4v) is 1.54. The van der Waals surface area contributed by atoms with E-state index in [0.717, 1.165) is 11.4 Å². The second-order valence-electron chi connectivity index (χ2n) is 3.62. The number of benzene rings is 1. The Morgan fingerprint density at radius 2 is 2.08 bits per heavy atom. The summed E-state index contributed by atoms with van der Waals surface area (Å²) < 4.78 is 0.0324. The Labute approximate surface area is 84.3 Å². The molecule has 0 spiro atoms. The van der Waals surface area contributed by atoms with Crippen LogP contribution >= 0.6 is 24.2 Å². The van der Waals surface area contributed by atoms with E-state index in [1.165, 1.54) is 5.56 Å². The molecule has 0 amide bonds. The summed E-state index contributed by atoms with van der Waals surface area (Å²) in [5, 5.41) is 0.796. The second-order valence-corrected chi connectivity index (χ2v) is 5.27. The van der Waals surface area contributed by atoms with Crippen LogP contribution in [0.5, 0.6) is 0 Å². The fourth-order valence-electron chi connectivity index (χ4n) is 1.15. The van der Waals surface area contributed by atoms with Crippen molar-refractivity contribution in [2.75, 3.05) is 0 Å². The smallest absolute Gasteiger partial charge is 0.0408 e. The number of thiol groups is 1. The van der Waals surface area contributed by atoms with Crippen molar-refractivity contribution >= 4 is 24.2 Å². The van der Waals surface area contributed by atoms with E-state index in [1.807, 2.05) is 18.2 Å². The predicted molar refractivity (Wildman–Crippen MR) is 58.2 cm³/mol. The van der Waals surface area contributed by atoms with Gasteiger partial charge in [0.1, 0.15) is 0 Å². The van der Waals surface area contributed by atoms with E-state index < -0.39 is 0 Å². The maximum Gasteiger partial charge on any atom is 0.0408 e. The van der Waals surface area contributed by atoms with Crippen molar-refractivity contribution < 1.29 is 0 Å². The van der Waals surface area contributed by atoms with Crippen LogP contribution in [0.1, 0.15) is 19.4 Å². The van der Waals surface area contributed by atoms with Gasteiger partial charge in [-0.25, -0.2) is 0 Å². The van der Waals surface area contributed by atoms with Crippen molar-refractivity contribution in [1.29, 1.82) is 0 Å². The summed E-state index contributed by atoms with van der Waals surface area (Å²) in [7, 11) is 0. The summed E-state index contributed by atoms with van der Waals surface area (Å²) in [5.41, 5.74) is 1.24. The van der Waals surface area contributed by atoms with Crippen molar-refractivity contribution in [3.63, 3.8) is 0 Å². The standard InChI is InChI=1S/C10H13ClS/c1-10(2,12)7-8-4-3-5-9(11)6-8/h3-6,12H,7H2,1-2H3. The zero-order chi connectivity index (χ0) is 9.19. The Hall–Kier alpha value is -0.140. The lowest BCUT2D eigenvalue weighted by Gasteiger charge is -2.16. The first-order chi connectivity index (χ1) is 5.47. The molecule has 0 aliphatic carbocycles. The minimum atomic E-state index is 0.0324. The number of hydrogen-bond donors (Lipinski definition) is 1. The highest BCUT2D eigenvalue weighted by Gasteiger charge is 2.11. The van der Waals surface area contributed by atoms with E-state index in [2.05, 4.69) is 32.5 Å². The average Bonchev–Trinajstić information content (AvgIpc) is 1.82. The maximum atomic E-state index is 5.85. The Balaban J connectivity index is 2.77. The highest BCUT2D eigenvalue weighted by atomic mass is 35.5. The quantitative estimate of drug-likeness (QED) is 0.694. The summed E-state index contributed by atoms with van der Waals surface area (Å²) in [5.74, 6) is 0. The Morgan fingerprint density at radius 3 is 2.58 bits per heavy atom. The topological polar surface area (TPSA) is 0 Å². The summed E-state index contributed by atoms with van der Waals surface area (Å²) in [4.78, 5) is 0. The van der Waals surface area contributed by atoms with Gasteiger partial charge in [-0.15, -0.1) is 0 Å². The first-order valence-electron chi connectivity index (χ1n) is 3.94. The molecule has 0 aromatic heterocycles. The van der Waals surface area contributed by atoms with Crippen LogP contribution in [0.3, 0.4) is 0 Å². The van der Waals surface area contributed by atoms with Gasteiger partial charge in [0.2, 0.25) is 0 Å². The van der Waals surface area contributed by atoms with Crippen molar-refractivity contribution in [2.45, 2.75) is 25.0 Å². The van der Waals surface area contributed by atoms with Gasteiger partial charge in [-0.2, -0.15) is 12.6 Å². The van der Waals surface area contributed by atoms with Gasteiger partial charge in [-0.3, -0.25) is 0 Å². The number of rotatable bonds is 2. The molecule has 1 aromatic rings. The van der Waals surface area contributed by atoms with Crippen LogP contribution in [-0.2, 0) is 6.42 Å². The zero-order valence-corrected chi connectivity index (χ0v) is 8.99. The third kappa shape index (κ3) is 3.51. The predicted octanol–water partition coefficient (Wildman–Crippen LogP) is 3.59. The monoisotopic (exact) mass is 200 g/mol. The minimum absolute atomic E-state index is 0.0324. The molecule has 0 heterocycles. The van der Waals surface area contributed by atoms with Crippen LogP contribution in [-0.4, -0.2) is 4.75 Å². The highest BCUT2D eigenvalue weighted by Crippen LogP contribution is 2.20. The van der Waals surface area contributed by atoms with E-state index in [1.54, 1.807) is 0 Å². The van der Waals surface area contributed by atoms with Crippen LogP contribution in [0.4, 0.5) is 0 Å². The van der Waals surface area contributed by atoms with Gasteiger partial charge >= 0.3 is 0 Å². The Morgan fingerprint density at radius 1 is 1.42 bits per heavy atom. The molecule has 2 heteroatoms. The molecule has 0 saturated heterocycles. The van der Waals surface area contributed by atoms with Crippen LogP contribution in [0.2, 0.25) is 5.02 Å². The highest BCUT2D eigenvalue weighted by molar-refractivity contribution is 7.81. The fraction of sp³-hybridized carbons (Fsp3) is 0.400. The van der Waals surface area contributed by atoms with Gasteiger partial charge in [-0.05, 0) is 24.1 Å². The molecule has 0 saturated carbocycles. The van der Waals surface area contributed by atoms with Gasteiger partial charge in [-0.1, -0.05) is 37.6 Å². The van der Waals surface area contributed by atoms with Crippen molar-refractivity contribution in [1.82, 2.24) is 0 Å². The minimum Gasteiger partial charge on any atom is -0.173 e. The molecule has 0 N–H and O–H groups in total. The molecule has 12 heavy (non-hydrogen) atoms. The second kappa shape index (κ2) is 3.71. The summed E-state index contributed by atoms with van der Waals surface area (Å²) in [6.07, 6.45) is 0.941. The summed E-state index contributed by atoms with van der Waals surface area (Å²) in [6.45, 7) is 4.19. The van der Waals surface area contributed by atoms with Gasteiger partial charge in [0.05, 0.1) is 0 Å². The SMILES string of the molecule is CC(C)(S)Cc1cccc(Cl)c1. The van der Waals surface area contributed by atoms with E-state index in [4.69, 9.17) is 11.6 Å². The van der Waals surface area contributed by atoms with E-state index in [-0.39, 0.29) is 4.75 Å². The van der Waals surface area contributed by atoms with Gasteiger partial charge in [0.15, 0.2) is 0 Å². The normalized spacial score (nSPS) is 11.7. The molecule has 0 radical (unpaired) electrons. The molecule has 1 aromatic carbocycles. The summed E-state index contributed by atoms with van der Waals surface area (Å²) >= 11 is 10.3. The van der Waals surface area contributed by atoms with E-state index >= 15 is 0 Å². The van der Waals surface area contributed by atoms with Gasteiger partial charge in [0.25, 0.3) is 0 Å². The van der Waals surface area contributed by atoms with Gasteiger partial charge in [0, 0.05) is 9.77 Å². The molecule has 0 bridgehead atoms. The number of halogens is 1.